The van der Waals surface area contributed by atoms with Crippen LogP contribution in [0.5, 0.6) is 0 Å². The molecule has 2 N–H and O–H groups in total. The normalized spacial score (nSPS) is 12.0. The number of carbonyl (C=O) groups is 3. The molecule has 0 aliphatic rings. The second-order valence-electron chi connectivity index (χ2n) is 21.5. The third-order valence-electron chi connectivity index (χ3n) is 15.4. The molecule has 0 amide bonds. The first-order valence-electron chi connectivity index (χ1n) is 29.3. The summed E-state index contributed by atoms with van der Waals surface area (Å²) >= 11 is 0. The maximum atomic E-state index is 14.8. The first-order valence-corrected chi connectivity index (χ1v) is 29.3. The summed E-state index contributed by atoms with van der Waals surface area (Å²) in [5.41, 5.74) is 4.78. The lowest BCUT2D eigenvalue weighted by atomic mass is 9.84. The highest BCUT2D eigenvalue weighted by molar-refractivity contribution is 6.21. The minimum atomic E-state index is -1.09. The molecule has 0 spiro atoms. The van der Waals surface area contributed by atoms with Crippen LogP contribution in [0.4, 0.5) is 0 Å². The zero-order valence-electron chi connectivity index (χ0n) is 45.5. The summed E-state index contributed by atoms with van der Waals surface area (Å²) in [7, 11) is 0. The van der Waals surface area contributed by atoms with Crippen molar-refractivity contribution in [1.82, 2.24) is 29.9 Å². The summed E-state index contributed by atoms with van der Waals surface area (Å²) in [6, 6.07) is 14.5. The Morgan fingerprint density at radius 1 is 0.347 bits per heavy atom. The van der Waals surface area contributed by atoms with Crippen LogP contribution in [0.3, 0.4) is 0 Å². The van der Waals surface area contributed by atoms with E-state index in [1.807, 2.05) is 0 Å². The molecule has 0 saturated carbocycles. The molecule has 402 valence electrons. The van der Waals surface area contributed by atoms with Gasteiger partial charge in [0.1, 0.15) is 38.7 Å². The van der Waals surface area contributed by atoms with Crippen molar-refractivity contribution >= 4 is 84.1 Å². The zero-order chi connectivity index (χ0) is 52.8. The molecule has 12 nitrogen and oxygen atoms in total. The van der Waals surface area contributed by atoms with Crippen LogP contribution in [0, 0.1) is 0 Å². The molecule has 0 atom stereocenters. The Morgan fingerprint density at radius 2 is 0.587 bits per heavy atom. The van der Waals surface area contributed by atoms with E-state index in [4.69, 9.17) is 34.6 Å². The van der Waals surface area contributed by atoms with Crippen LogP contribution in [-0.2, 0) is 4.74 Å². The van der Waals surface area contributed by atoms with Crippen LogP contribution >= 0.6 is 0 Å². The fourth-order valence-corrected chi connectivity index (χ4v) is 11.0. The topological polar surface area (TPSA) is 178 Å². The molecule has 0 radical (unpaired) electrons. The van der Waals surface area contributed by atoms with Gasteiger partial charge in [0, 0.05) is 0 Å². The van der Waals surface area contributed by atoms with Gasteiger partial charge in [-0.3, -0.25) is 0 Å². The van der Waals surface area contributed by atoms with Gasteiger partial charge in [-0.25, -0.2) is 44.3 Å². The fraction of sp³-hybridized carbons (Fsp3) is 0.571. The summed E-state index contributed by atoms with van der Waals surface area (Å²) < 4.78 is 6.95. The average molecular weight is 1020 g/mol. The van der Waals surface area contributed by atoms with E-state index in [2.05, 4.69) is 20.8 Å². The number of benzene rings is 4. The number of esters is 1. The van der Waals surface area contributed by atoms with Gasteiger partial charge in [-0.05, 0) is 93.1 Å². The van der Waals surface area contributed by atoms with Crippen LogP contribution in [0.1, 0.15) is 257 Å². The molecule has 3 heterocycles. The van der Waals surface area contributed by atoms with Gasteiger partial charge in [0.05, 0.1) is 49.8 Å². The number of hydrogen-bond acceptors (Lipinski definition) is 10. The second kappa shape index (κ2) is 29.4. The number of ether oxygens (including phenoxy) is 1. The quantitative estimate of drug-likeness (QED) is 0.0165. The summed E-state index contributed by atoms with van der Waals surface area (Å²) in [5.74, 6) is -2.52. The van der Waals surface area contributed by atoms with Gasteiger partial charge in [-0.2, -0.15) is 0 Å². The Bertz CT molecular complexity index is 2970. The maximum Gasteiger partial charge on any atom is 0.338 e. The molecule has 12 heteroatoms. The van der Waals surface area contributed by atoms with Gasteiger partial charge in [0.25, 0.3) is 0 Å². The van der Waals surface area contributed by atoms with Crippen LogP contribution in [-0.4, -0.2) is 63.6 Å². The monoisotopic (exact) mass is 1020 g/mol. The van der Waals surface area contributed by atoms with Crippen molar-refractivity contribution in [3.63, 3.8) is 0 Å². The van der Waals surface area contributed by atoms with E-state index < -0.39 is 17.5 Å². The van der Waals surface area contributed by atoms with Gasteiger partial charge in [0.2, 0.25) is 0 Å². The lowest BCUT2D eigenvalue weighted by Gasteiger charge is -2.34. The van der Waals surface area contributed by atoms with E-state index in [-0.39, 0.29) is 17.1 Å². The third kappa shape index (κ3) is 16.1. The Hall–Kier alpha value is -5.91. The van der Waals surface area contributed by atoms with Crippen LogP contribution in [0.2, 0.25) is 0 Å². The minimum Gasteiger partial charge on any atom is -0.478 e. The van der Waals surface area contributed by atoms with E-state index in [9.17, 15) is 24.6 Å². The largest absolute Gasteiger partial charge is 0.478 e. The average Bonchev–Trinajstić information content (AvgIpc) is 3.42. The van der Waals surface area contributed by atoms with Crippen molar-refractivity contribution in [2.24, 2.45) is 0 Å². The predicted molar refractivity (Wildman–Crippen MR) is 305 cm³/mol. The number of carbonyl (C=O) groups excluding carboxylic acids is 1. The molecule has 3 aromatic heterocycles. The summed E-state index contributed by atoms with van der Waals surface area (Å²) in [6.07, 6.45) is 38.8. The van der Waals surface area contributed by atoms with Crippen molar-refractivity contribution in [1.29, 1.82) is 0 Å². The standard InChI is InChI=1S/C63H84N6O6/c1-4-7-10-13-16-19-22-25-28-31-40-63(39-30-27-24-21-18-15-12-9-6-3,41-32-29-26-23-20-17-14-11-8-5-2)75-62(74)47-35-38-50-53(44-47)69-59-56(66-50)57-54(64-48-36-33-45(60(70)71)42-51(48)67-57)55-58(59)68-52-43-46(61(72)73)34-37-49(52)65-55/h33-38,42-44H,4-32,39-41H2,1-3H3,(H,70,71)(H,72,73). The summed E-state index contributed by atoms with van der Waals surface area (Å²) in [5, 5.41) is 19.6. The number of fused-ring (bicyclic) bond motifs is 9. The molecule has 0 aliphatic heterocycles. The minimum absolute atomic E-state index is 0.0659. The van der Waals surface area contributed by atoms with Gasteiger partial charge in [-0.15, -0.1) is 0 Å². The summed E-state index contributed by atoms with van der Waals surface area (Å²) in [6.45, 7) is 6.80. The van der Waals surface area contributed by atoms with E-state index in [1.54, 1.807) is 30.3 Å². The number of rotatable bonds is 36. The van der Waals surface area contributed by atoms with Gasteiger partial charge < -0.3 is 14.9 Å². The SMILES string of the molecule is CCCCCCCCCCCCC(CCCCCCCCCCC)(CCCCCCCCCCCC)OC(=O)c1ccc2nc3c4nc5cc(C(=O)O)ccc5nc4c4nc5ccc(C(=O)O)cc5nc4c3nc2c1. The molecule has 4 aromatic carbocycles. The van der Waals surface area contributed by atoms with Crippen LogP contribution in [0.25, 0.3) is 66.2 Å². The van der Waals surface area contributed by atoms with Crippen LogP contribution < -0.4 is 0 Å². The Balaban J connectivity index is 1.20. The van der Waals surface area contributed by atoms with Crippen molar-refractivity contribution in [2.75, 3.05) is 0 Å². The molecular formula is C63H84N6O6. The summed E-state index contributed by atoms with van der Waals surface area (Å²) in [4.78, 5) is 68.9. The molecule has 0 unspecified atom stereocenters. The molecule has 7 aromatic rings. The van der Waals surface area contributed by atoms with Gasteiger partial charge in [0.15, 0.2) is 0 Å². The highest BCUT2D eigenvalue weighted by atomic mass is 16.6. The van der Waals surface area contributed by atoms with Gasteiger partial charge >= 0.3 is 17.9 Å². The number of aromatic nitrogens is 6. The number of nitrogens with zero attached hydrogens (tertiary/aromatic N) is 6. The Morgan fingerprint density at radius 3 is 0.867 bits per heavy atom. The van der Waals surface area contributed by atoms with Crippen molar-refractivity contribution in [3.05, 3.63) is 71.3 Å². The van der Waals surface area contributed by atoms with Crippen LogP contribution in [0.15, 0.2) is 54.6 Å². The number of unbranched alkanes of at least 4 members (excludes halogenated alkanes) is 26. The van der Waals surface area contributed by atoms with E-state index >= 15 is 0 Å². The highest BCUT2D eigenvalue weighted by Crippen LogP contribution is 2.36. The fourth-order valence-electron chi connectivity index (χ4n) is 11.0. The third-order valence-corrected chi connectivity index (χ3v) is 15.4. The van der Waals surface area contributed by atoms with Crippen molar-refractivity contribution < 1.29 is 29.3 Å². The first kappa shape index (κ1) is 56.8. The van der Waals surface area contributed by atoms with Crippen molar-refractivity contribution in [2.45, 2.75) is 232 Å². The van der Waals surface area contributed by atoms with E-state index in [1.165, 1.54) is 172 Å². The number of carboxylic acids is 2. The van der Waals surface area contributed by atoms with E-state index in [0.717, 1.165) is 57.8 Å². The Labute approximate surface area is 444 Å². The van der Waals surface area contributed by atoms with E-state index in [0.29, 0.717) is 71.8 Å². The molecular weight excluding hydrogens is 937 g/mol. The highest BCUT2D eigenvalue weighted by Gasteiger charge is 2.34. The van der Waals surface area contributed by atoms with Gasteiger partial charge in [-0.1, -0.05) is 188 Å². The zero-order valence-corrected chi connectivity index (χ0v) is 45.5. The maximum absolute atomic E-state index is 14.8. The molecule has 75 heavy (non-hydrogen) atoms. The first-order chi connectivity index (χ1) is 36.6. The molecule has 7 rings (SSSR count). The molecule has 0 fully saturated rings. The lowest BCUT2D eigenvalue weighted by Crippen LogP contribution is -2.35. The second-order valence-corrected chi connectivity index (χ2v) is 21.5. The molecule has 0 saturated heterocycles. The predicted octanol–water partition coefficient (Wildman–Crippen LogP) is 17.8. The smallest absolute Gasteiger partial charge is 0.338 e. The number of hydrogen-bond donors (Lipinski definition) is 2. The lowest BCUT2D eigenvalue weighted by molar-refractivity contribution is -0.0361. The molecule has 0 bridgehead atoms. The molecule has 0 aliphatic carbocycles. The number of aromatic carboxylic acids is 2. The van der Waals surface area contributed by atoms with Crippen molar-refractivity contribution in [3.8, 4) is 0 Å². The Kier molecular flexibility index (Phi) is 22.3. The number of carboxylic acid groups (broad SMARTS) is 2.